The van der Waals surface area contributed by atoms with Gasteiger partial charge in [0.25, 0.3) is 6.47 Å². The summed E-state index contributed by atoms with van der Waals surface area (Å²) in [5, 5.41) is 11.6. The number of hydrogen-bond donors (Lipinski definition) is 3. The van der Waals surface area contributed by atoms with Gasteiger partial charge in [0.15, 0.2) is 0 Å². The molecule has 0 aliphatic carbocycles. The molecular weight excluding hydrogens is 554 g/mol. The minimum absolute atomic E-state index is 0.0344. The number of nitrogens with zero attached hydrogens (tertiary/aromatic N) is 3. The quantitative estimate of drug-likeness (QED) is 0.197. The van der Waals surface area contributed by atoms with Crippen molar-refractivity contribution >= 4 is 35.5 Å². The highest BCUT2D eigenvalue weighted by Gasteiger charge is 2.15. The van der Waals surface area contributed by atoms with Gasteiger partial charge in [-0.1, -0.05) is 6.07 Å². The van der Waals surface area contributed by atoms with Crippen molar-refractivity contribution < 1.29 is 48.2 Å². The van der Waals surface area contributed by atoms with Crippen molar-refractivity contribution in [1.82, 2.24) is 9.97 Å². The average molecular weight is 592 g/mol. The molecule has 3 N–H and O–H groups in total. The van der Waals surface area contributed by atoms with Crippen molar-refractivity contribution in [2.24, 2.45) is 4.99 Å². The minimum atomic E-state index is -1.04. The second kappa shape index (κ2) is 19.0. The normalized spacial score (nSPS) is 20.1. The van der Waals surface area contributed by atoms with Crippen LogP contribution in [0.1, 0.15) is 21.9 Å². The van der Waals surface area contributed by atoms with E-state index in [-0.39, 0.29) is 11.6 Å². The molecule has 1 fully saturated rings. The number of aromatic carboxylic acids is 1. The Morgan fingerprint density at radius 2 is 1.46 bits per heavy atom. The van der Waals surface area contributed by atoms with Gasteiger partial charge in [0.05, 0.1) is 69.4 Å². The Labute approximate surface area is 244 Å². The molecule has 0 amide bonds. The summed E-state index contributed by atoms with van der Waals surface area (Å²) in [6, 6.07) is 8.33. The fraction of sp³-hybridized carbons (Fsp3) is 0.519. The maximum atomic E-state index is 11.3. The van der Waals surface area contributed by atoms with Crippen LogP contribution < -0.4 is 14.5 Å². The van der Waals surface area contributed by atoms with Gasteiger partial charge in [-0.15, -0.1) is 0 Å². The van der Waals surface area contributed by atoms with Crippen LogP contribution in [0, 0.1) is 0 Å². The second-order valence-electron chi connectivity index (χ2n) is 9.19. The lowest BCUT2D eigenvalue weighted by molar-refractivity contribution is -0.915. The number of isothiocyanates is 1. The van der Waals surface area contributed by atoms with Crippen LogP contribution in [-0.2, 0) is 36.8 Å². The molecular formula is C27H37N5O8S+2. The van der Waals surface area contributed by atoms with E-state index in [9.17, 15) is 14.7 Å². The summed E-state index contributed by atoms with van der Waals surface area (Å²) in [6.07, 6.45) is 0. The molecule has 3 heterocycles. The van der Waals surface area contributed by atoms with E-state index in [1.54, 1.807) is 12.1 Å². The van der Waals surface area contributed by atoms with Crippen molar-refractivity contribution in [2.75, 3.05) is 79.0 Å². The molecule has 13 nitrogen and oxygen atoms in total. The largest absolute Gasteiger partial charge is 0.477 e. The van der Waals surface area contributed by atoms with Crippen molar-refractivity contribution in [3.8, 4) is 5.88 Å². The molecule has 2 aromatic rings. The number of nitrogens with one attached hydrogen (secondary N) is 2. The third-order valence-electron chi connectivity index (χ3n) is 6.22. The Morgan fingerprint density at radius 1 is 0.902 bits per heavy atom. The van der Waals surface area contributed by atoms with Gasteiger partial charge >= 0.3 is 5.97 Å². The molecule has 0 saturated carbocycles. The number of pyridine rings is 2. The van der Waals surface area contributed by atoms with E-state index in [2.05, 4.69) is 20.1 Å². The van der Waals surface area contributed by atoms with E-state index in [0.717, 1.165) is 0 Å². The molecule has 0 radical (unpaired) electrons. The van der Waals surface area contributed by atoms with Gasteiger partial charge in [-0.2, -0.15) is 4.99 Å². The van der Waals surface area contributed by atoms with Gasteiger partial charge in [-0.3, -0.25) is 4.79 Å². The molecule has 0 aromatic carbocycles. The number of carboxylic acids is 1. The van der Waals surface area contributed by atoms with E-state index in [1.165, 1.54) is 21.9 Å². The summed E-state index contributed by atoms with van der Waals surface area (Å²) >= 11 is 4.70. The molecule has 0 spiro atoms. The third-order valence-corrected chi connectivity index (χ3v) is 6.31. The van der Waals surface area contributed by atoms with Crippen LogP contribution in [-0.4, -0.2) is 112 Å². The van der Waals surface area contributed by atoms with Crippen molar-refractivity contribution in [3.05, 3.63) is 47.4 Å². The summed E-state index contributed by atoms with van der Waals surface area (Å²) in [5.74, 6) is -0.895. The number of carbonyl (C=O) groups is 2. The van der Waals surface area contributed by atoms with Gasteiger partial charge in [0.2, 0.25) is 5.88 Å². The maximum absolute atomic E-state index is 11.3. The number of quaternary nitrogens is 2. The summed E-state index contributed by atoms with van der Waals surface area (Å²) in [5.41, 5.74) is 1.94. The van der Waals surface area contributed by atoms with Crippen molar-refractivity contribution in [2.45, 2.75) is 13.1 Å². The lowest BCUT2D eigenvalue weighted by Gasteiger charge is -2.21. The summed E-state index contributed by atoms with van der Waals surface area (Å²) in [6.45, 7) is 8.17. The van der Waals surface area contributed by atoms with E-state index in [4.69, 9.17) is 35.9 Å². The molecule has 14 heteroatoms. The smallest absolute Gasteiger partial charge is 0.354 e. The predicted molar refractivity (Wildman–Crippen MR) is 149 cm³/mol. The van der Waals surface area contributed by atoms with E-state index < -0.39 is 5.97 Å². The van der Waals surface area contributed by atoms with E-state index >= 15 is 0 Å². The molecule has 0 bridgehead atoms. The van der Waals surface area contributed by atoms with Gasteiger partial charge in [-0.25, -0.2) is 14.8 Å². The number of aliphatic imine (C=N–C) groups is 1. The fourth-order valence-corrected chi connectivity index (χ4v) is 4.29. The van der Waals surface area contributed by atoms with E-state index in [1.807, 2.05) is 6.07 Å². The zero-order valence-electron chi connectivity index (χ0n) is 22.9. The first-order valence-electron chi connectivity index (χ1n) is 13.4. The van der Waals surface area contributed by atoms with Crippen molar-refractivity contribution in [1.29, 1.82) is 0 Å². The van der Waals surface area contributed by atoms with E-state index in [0.29, 0.717) is 116 Å². The predicted octanol–water partition coefficient (Wildman–Crippen LogP) is -1.01. The number of carbonyl (C=O) groups excluding carboxylic acids is 1. The van der Waals surface area contributed by atoms with Gasteiger partial charge in [-0.05, 0) is 30.4 Å². The van der Waals surface area contributed by atoms with Crippen molar-refractivity contribution in [3.63, 3.8) is 0 Å². The lowest BCUT2D eigenvalue weighted by Crippen LogP contribution is -3.11. The molecule has 0 unspecified atom stereocenters. The summed E-state index contributed by atoms with van der Waals surface area (Å²) < 4.78 is 28.2. The van der Waals surface area contributed by atoms with Crippen LogP contribution >= 0.6 is 12.2 Å². The van der Waals surface area contributed by atoms with Crippen LogP contribution in [0.15, 0.2) is 35.3 Å². The third kappa shape index (κ3) is 12.9. The first kappa shape index (κ1) is 32.3. The Balaban J connectivity index is 1.52. The van der Waals surface area contributed by atoms with Gasteiger partial charge < -0.3 is 38.6 Å². The Morgan fingerprint density at radius 3 is 1.98 bits per heavy atom. The highest BCUT2D eigenvalue weighted by molar-refractivity contribution is 7.78. The highest BCUT2D eigenvalue weighted by Crippen LogP contribution is 2.19. The molecule has 222 valence electrons. The molecule has 0 atom stereocenters. The highest BCUT2D eigenvalue weighted by atomic mass is 32.1. The number of rotatable bonds is 8. The van der Waals surface area contributed by atoms with Gasteiger partial charge in [0.1, 0.15) is 50.7 Å². The topological polar surface area (TPSA) is 148 Å². The number of hydrogen-bond acceptors (Lipinski definition) is 11. The maximum Gasteiger partial charge on any atom is 0.354 e. The zero-order valence-corrected chi connectivity index (χ0v) is 23.7. The van der Waals surface area contributed by atoms with Crippen LogP contribution in [0.25, 0.3) is 0 Å². The Bertz CT molecular complexity index is 1130. The standard InChI is InChI=1S/C27H35N5O8S/c33-21-40-26-17-23(28-20-41)16-24(30-26)19-32-6-10-38-14-12-36-8-4-31(5-9-37-13-15-39-11-7-32)18-22-2-1-3-25(29-22)27(34)35/h1-3,16-17,21H,4-15,18-19H2,(H,34,35)/p+2. The lowest BCUT2D eigenvalue weighted by atomic mass is 10.3. The SMILES string of the molecule is O=COc1cc(N=C=S)cc(C[NH+]2CCOCCOCC[NH+](Cc3cccc(C(=O)O)n3)CCOCCOCC2)n1. The first-order valence-corrected chi connectivity index (χ1v) is 13.8. The van der Waals surface area contributed by atoms with Crippen LogP contribution in [0.2, 0.25) is 0 Å². The zero-order chi connectivity index (χ0) is 29.1. The molecule has 2 aromatic heterocycles. The Kier molecular flexibility index (Phi) is 15.0. The van der Waals surface area contributed by atoms with Crippen LogP contribution in [0.3, 0.4) is 0 Å². The minimum Gasteiger partial charge on any atom is -0.477 e. The number of aromatic nitrogens is 2. The molecule has 41 heavy (non-hydrogen) atoms. The molecule has 3 rings (SSSR count). The van der Waals surface area contributed by atoms with Crippen LogP contribution in [0.5, 0.6) is 5.88 Å². The first-order chi connectivity index (χ1) is 20.1. The monoisotopic (exact) mass is 591 g/mol. The summed E-state index contributed by atoms with van der Waals surface area (Å²) in [7, 11) is 0. The molecule has 1 aliphatic rings. The molecule has 1 saturated heterocycles. The summed E-state index contributed by atoms with van der Waals surface area (Å²) in [4.78, 5) is 37.0. The number of ether oxygens (including phenoxy) is 5. The fourth-order valence-electron chi connectivity index (χ4n) is 4.19. The number of thiocarbonyl (C=S) groups is 1. The molecule has 1 aliphatic heterocycles. The average Bonchev–Trinajstić information content (AvgIpc) is 2.95. The Hall–Kier alpha value is -3.20. The number of carboxylic acid groups (broad SMARTS) is 1. The van der Waals surface area contributed by atoms with Gasteiger partial charge in [0, 0.05) is 6.07 Å². The van der Waals surface area contributed by atoms with Crippen LogP contribution in [0.4, 0.5) is 5.69 Å². The second-order valence-corrected chi connectivity index (χ2v) is 9.38.